The lowest BCUT2D eigenvalue weighted by Gasteiger charge is -2.15. The van der Waals surface area contributed by atoms with E-state index < -0.39 is 15.9 Å². The molecule has 1 aliphatic carbocycles. The Labute approximate surface area is 200 Å². The summed E-state index contributed by atoms with van der Waals surface area (Å²) in [6.07, 6.45) is 4.61. The molecule has 2 N–H and O–H groups in total. The zero-order valence-electron chi connectivity index (χ0n) is 20.1. The first kappa shape index (κ1) is 24.1. The van der Waals surface area contributed by atoms with Gasteiger partial charge in [-0.25, -0.2) is 4.72 Å². The number of hydrogen-bond donors (Lipinski definition) is 2. The first-order chi connectivity index (χ1) is 16.2. The summed E-state index contributed by atoms with van der Waals surface area (Å²) in [6, 6.07) is 9.55. The number of carbonyl (C=O) groups excluding carboxylic acids is 1. The number of benzene rings is 1. The van der Waals surface area contributed by atoms with Crippen molar-refractivity contribution in [1.29, 1.82) is 0 Å². The predicted molar refractivity (Wildman–Crippen MR) is 131 cm³/mol. The zero-order valence-corrected chi connectivity index (χ0v) is 20.9. The predicted octanol–water partition coefficient (Wildman–Crippen LogP) is 3.09. The van der Waals surface area contributed by atoms with Gasteiger partial charge in [-0.15, -0.1) is 0 Å². The molecule has 0 saturated carbocycles. The highest BCUT2D eigenvalue weighted by atomic mass is 32.2. The Bertz CT molecular complexity index is 1330. The summed E-state index contributed by atoms with van der Waals surface area (Å²) in [6.45, 7) is 6.26. The van der Waals surface area contributed by atoms with E-state index in [1.807, 2.05) is 39.0 Å². The maximum absolute atomic E-state index is 13.1. The van der Waals surface area contributed by atoms with Crippen LogP contribution >= 0.6 is 0 Å². The van der Waals surface area contributed by atoms with Gasteiger partial charge in [0, 0.05) is 30.5 Å². The number of nitrogens with one attached hydrogen (secondary N) is 2. The second-order valence-corrected chi connectivity index (χ2v) is 10.6. The van der Waals surface area contributed by atoms with Crippen LogP contribution in [0.25, 0.3) is 11.1 Å². The molecule has 0 bridgehead atoms. The van der Waals surface area contributed by atoms with Crippen LogP contribution in [0.1, 0.15) is 54.4 Å². The van der Waals surface area contributed by atoms with Crippen molar-refractivity contribution in [3.05, 3.63) is 64.6 Å². The van der Waals surface area contributed by atoms with Gasteiger partial charge in [0.2, 0.25) is 5.91 Å². The van der Waals surface area contributed by atoms with E-state index in [4.69, 9.17) is 0 Å². The summed E-state index contributed by atoms with van der Waals surface area (Å²) in [5.74, 6) is -0.568. The molecule has 0 unspecified atom stereocenters. The standard InChI is InChI=1S/C25H31N5O3S/c1-16(2)30-20(15-26-4)13-25(28-30)34(32,33)29-24(31)14-23-21-7-5-6-18(21)8-9-22(23)19-10-11-27-17(3)12-19/h8-13,16,26H,5-7,14-15H2,1-4H3,(H,29,31). The monoisotopic (exact) mass is 481 g/mol. The molecular formula is C25H31N5O3S. The Morgan fingerprint density at radius 1 is 1.18 bits per heavy atom. The minimum atomic E-state index is -4.10. The highest BCUT2D eigenvalue weighted by Crippen LogP contribution is 2.34. The summed E-state index contributed by atoms with van der Waals surface area (Å²) in [5, 5.41) is 7.13. The minimum absolute atomic E-state index is 0.0127. The average Bonchev–Trinajstić information content (AvgIpc) is 3.41. The summed E-state index contributed by atoms with van der Waals surface area (Å²) in [4.78, 5) is 17.3. The van der Waals surface area contributed by atoms with Crippen LogP contribution in [0.15, 0.2) is 41.6 Å². The summed E-state index contributed by atoms with van der Waals surface area (Å²) >= 11 is 0. The number of aryl methyl sites for hydroxylation is 2. The van der Waals surface area contributed by atoms with Crippen LogP contribution < -0.4 is 10.0 Å². The van der Waals surface area contributed by atoms with Gasteiger partial charge in [-0.1, -0.05) is 12.1 Å². The molecule has 8 nitrogen and oxygen atoms in total. The van der Waals surface area contributed by atoms with Crippen molar-refractivity contribution < 1.29 is 13.2 Å². The van der Waals surface area contributed by atoms with E-state index in [0.29, 0.717) is 6.54 Å². The van der Waals surface area contributed by atoms with Crippen molar-refractivity contribution in [3.63, 3.8) is 0 Å². The molecule has 0 aliphatic heterocycles. The number of carbonyl (C=O) groups is 1. The molecule has 1 amide bonds. The van der Waals surface area contributed by atoms with Crippen LogP contribution in [0, 0.1) is 6.92 Å². The smallest absolute Gasteiger partial charge is 0.283 e. The van der Waals surface area contributed by atoms with Gasteiger partial charge >= 0.3 is 0 Å². The van der Waals surface area contributed by atoms with E-state index >= 15 is 0 Å². The second kappa shape index (κ2) is 9.68. The van der Waals surface area contributed by atoms with Gasteiger partial charge in [-0.2, -0.15) is 13.5 Å². The minimum Gasteiger partial charge on any atom is -0.314 e. The highest BCUT2D eigenvalue weighted by Gasteiger charge is 2.26. The molecule has 2 heterocycles. The fraction of sp³-hybridized carbons (Fsp3) is 0.400. The van der Waals surface area contributed by atoms with Crippen LogP contribution in [-0.4, -0.2) is 36.1 Å². The second-order valence-electron chi connectivity index (χ2n) is 9.02. The first-order valence-electron chi connectivity index (χ1n) is 11.5. The van der Waals surface area contributed by atoms with Crippen LogP contribution in [0.3, 0.4) is 0 Å². The summed E-state index contributed by atoms with van der Waals surface area (Å²) < 4.78 is 29.9. The Morgan fingerprint density at radius 3 is 2.68 bits per heavy atom. The topological polar surface area (TPSA) is 106 Å². The number of rotatable bonds is 8. The molecule has 0 fully saturated rings. The Hall–Kier alpha value is -3.04. The third kappa shape index (κ3) is 4.90. The first-order valence-corrected chi connectivity index (χ1v) is 13.0. The number of pyridine rings is 1. The average molecular weight is 482 g/mol. The fourth-order valence-electron chi connectivity index (χ4n) is 4.63. The third-order valence-electron chi connectivity index (χ3n) is 6.11. The van der Waals surface area contributed by atoms with Crippen LogP contribution in [-0.2, 0) is 40.6 Å². The molecule has 180 valence electrons. The highest BCUT2D eigenvalue weighted by molar-refractivity contribution is 7.90. The lowest BCUT2D eigenvalue weighted by molar-refractivity contribution is -0.118. The van der Waals surface area contributed by atoms with Gasteiger partial charge in [0.25, 0.3) is 10.0 Å². The van der Waals surface area contributed by atoms with Crippen molar-refractivity contribution in [2.75, 3.05) is 7.05 Å². The molecule has 0 atom stereocenters. The van der Waals surface area contributed by atoms with Gasteiger partial charge in [-0.05, 0) is 87.0 Å². The largest absolute Gasteiger partial charge is 0.314 e. The molecule has 4 rings (SSSR count). The Kier molecular flexibility index (Phi) is 6.86. The Balaban J connectivity index is 1.64. The van der Waals surface area contributed by atoms with Crippen molar-refractivity contribution in [3.8, 4) is 11.1 Å². The van der Waals surface area contributed by atoms with Gasteiger partial charge in [-0.3, -0.25) is 14.5 Å². The Morgan fingerprint density at radius 2 is 1.97 bits per heavy atom. The molecule has 0 saturated heterocycles. The van der Waals surface area contributed by atoms with Crippen LogP contribution in [0.5, 0.6) is 0 Å². The number of amides is 1. The fourth-order valence-corrected chi connectivity index (χ4v) is 5.59. The number of fused-ring (bicyclic) bond motifs is 1. The van der Waals surface area contributed by atoms with Gasteiger partial charge in [0.1, 0.15) is 0 Å². The van der Waals surface area contributed by atoms with E-state index in [-0.39, 0.29) is 17.5 Å². The zero-order chi connectivity index (χ0) is 24.5. The van der Waals surface area contributed by atoms with E-state index in [1.165, 1.54) is 11.6 Å². The van der Waals surface area contributed by atoms with Gasteiger partial charge < -0.3 is 5.32 Å². The maximum atomic E-state index is 13.1. The number of nitrogens with zero attached hydrogens (tertiary/aromatic N) is 3. The third-order valence-corrected chi connectivity index (χ3v) is 7.35. The molecule has 1 aliphatic rings. The summed E-state index contributed by atoms with van der Waals surface area (Å²) in [7, 11) is -2.32. The van der Waals surface area contributed by atoms with Crippen molar-refractivity contribution in [2.24, 2.45) is 0 Å². The van der Waals surface area contributed by atoms with Crippen LogP contribution in [0.2, 0.25) is 0 Å². The number of hydrogen-bond acceptors (Lipinski definition) is 6. The quantitative estimate of drug-likeness (QED) is 0.512. The normalized spacial score (nSPS) is 13.3. The van der Waals surface area contributed by atoms with Gasteiger partial charge in [0.15, 0.2) is 5.03 Å². The molecule has 0 spiro atoms. The number of aromatic nitrogens is 3. The molecule has 3 aromatic rings. The molecule has 0 radical (unpaired) electrons. The van der Waals surface area contributed by atoms with Crippen molar-refractivity contribution in [2.45, 2.75) is 64.1 Å². The van der Waals surface area contributed by atoms with Gasteiger partial charge in [0.05, 0.1) is 12.1 Å². The number of sulfonamides is 1. The van der Waals surface area contributed by atoms with Crippen molar-refractivity contribution in [1.82, 2.24) is 24.8 Å². The lowest BCUT2D eigenvalue weighted by atomic mass is 9.91. The maximum Gasteiger partial charge on any atom is 0.283 e. The van der Waals surface area contributed by atoms with Crippen LogP contribution in [0.4, 0.5) is 0 Å². The molecule has 9 heteroatoms. The van der Waals surface area contributed by atoms with Crippen molar-refractivity contribution >= 4 is 15.9 Å². The van der Waals surface area contributed by atoms with E-state index in [9.17, 15) is 13.2 Å². The lowest BCUT2D eigenvalue weighted by Crippen LogP contribution is -2.32. The molecular weight excluding hydrogens is 450 g/mol. The molecule has 34 heavy (non-hydrogen) atoms. The van der Waals surface area contributed by atoms with E-state index in [0.717, 1.165) is 52.9 Å². The molecule has 2 aromatic heterocycles. The summed E-state index contributed by atoms with van der Waals surface area (Å²) in [5.41, 5.74) is 6.80. The SMILES string of the molecule is CNCc1cc(S(=O)(=O)NC(=O)Cc2c(-c3ccnc(C)c3)ccc3c2CCC3)nn1C(C)C. The van der Waals surface area contributed by atoms with E-state index in [1.54, 1.807) is 17.9 Å². The molecule has 1 aromatic carbocycles. The van der Waals surface area contributed by atoms with E-state index in [2.05, 4.69) is 26.2 Å².